The number of rotatable bonds is 3. The topological polar surface area (TPSA) is 56.0 Å². The molecule has 2 rings (SSSR count). The van der Waals surface area contributed by atoms with Crippen LogP contribution < -0.4 is 0 Å². The lowest BCUT2D eigenvalue weighted by atomic mass is 10.0. The molecule has 1 aromatic carbocycles. The van der Waals surface area contributed by atoms with Crippen molar-refractivity contribution in [2.75, 3.05) is 0 Å². The second-order valence-corrected chi connectivity index (χ2v) is 4.85. The van der Waals surface area contributed by atoms with Crippen molar-refractivity contribution in [3.8, 4) is 0 Å². The molecule has 0 bridgehead atoms. The first-order valence-electron chi connectivity index (χ1n) is 6.21. The van der Waals surface area contributed by atoms with E-state index < -0.39 is 0 Å². The zero-order valence-corrected chi connectivity index (χ0v) is 11.3. The minimum Gasteiger partial charge on any atom is -0.259 e. The van der Waals surface area contributed by atoms with Crippen molar-refractivity contribution in [3.63, 3.8) is 0 Å². The van der Waals surface area contributed by atoms with E-state index in [1.807, 2.05) is 51.1 Å². The van der Waals surface area contributed by atoms with Gasteiger partial charge in [0.1, 0.15) is 0 Å². The summed E-state index contributed by atoms with van der Waals surface area (Å²) in [6.07, 6.45) is 1.65. The number of nitro groups is 1. The normalized spacial score (nSPS) is 12.1. The van der Waals surface area contributed by atoms with E-state index in [1.54, 1.807) is 6.08 Å². The lowest BCUT2D eigenvalue weighted by molar-refractivity contribution is -0.431. The first kappa shape index (κ1) is 13.2. The first-order valence-corrected chi connectivity index (χ1v) is 6.21. The summed E-state index contributed by atoms with van der Waals surface area (Å²) < 4.78 is 0. The Morgan fingerprint density at radius 2 is 2.05 bits per heavy atom. The molecule has 0 atom stereocenters. The molecule has 1 heterocycles. The van der Waals surface area contributed by atoms with Gasteiger partial charge >= 0.3 is 0 Å². The Balaban J connectivity index is 2.68. The molecule has 1 aromatic heterocycles. The summed E-state index contributed by atoms with van der Waals surface area (Å²) in [4.78, 5) is 15.2. The van der Waals surface area contributed by atoms with Crippen LogP contribution in [-0.2, 0) is 0 Å². The highest BCUT2D eigenvalue weighted by Crippen LogP contribution is 2.23. The molecule has 0 fully saturated rings. The van der Waals surface area contributed by atoms with Gasteiger partial charge in [-0.3, -0.25) is 15.1 Å². The fraction of sp³-hybridized carbons (Fsp3) is 0.267. The molecule has 2 aromatic rings. The SMILES string of the molecule is Cc1cc(/C=C(/C(C)C)[N+](=O)[O-])c2ccccc2n1. The van der Waals surface area contributed by atoms with Crippen LogP contribution in [0, 0.1) is 23.0 Å². The molecule has 0 aliphatic carbocycles. The predicted molar refractivity (Wildman–Crippen MR) is 76.3 cm³/mol. The molecule has 0 amide bonds. The van der Waals surface area contributed by atoms with Gasteiger partial charge in [0.25, 0.3) is 0 Å². The summed E-state index contributed by atoms with van der Waals surface area (Å²) >= 11 is 0. The monoisotopic (exact) mass is 256 g/mol. The number of hydrogen-bond donors (Lipinski definition) is 0. The number of para-hydroxylation sites is 1. The number of pyridine rings is 1. The number of nitrogens with zero attached hydrogens (tertiary/aromatic N) is 2. The maximum absolute atomic E-state index is 11.1. The van der Waals surface area contributed by atoms with Gasteiger partial charge in [0.05, 0.1) is 10.4 Å². The Morgan fingerprint density at radius 1 is 1.37 bits per heavy atom. The number of hydrogen-bond acceptors (Lipinski definition) is 3. The Labute approximate surface area is 111 Å². The van der Waals surface area contributed by atoms with Crippen LogP contribution in [0.5, 0.6) is 0 Å². The summed E-state index contributed by atoms with van der Waals surface area (Å²) in [7, 11) is 0. The van der Waals surface area contributed by atoms with Crippen LogP contribution in [0.3, 0.4) is 0 Å². The molecule has 0 saturated carbocycles. The Bertz CT molecular complexity index is 660. The zero-order chi connectivity index (χ0) is 14.0. The van der Waals surface area contributed by atoms with Gasteiger partial charge < -0.3 is 0 Å². The average molecular weight is 256 g/mol. The fourth-order valence-corrected chi connectivity index (χ4v) is 2.05. The molecule has 0 aliphatic heterocycles. The highest BCUT2D eigenvalue weighted by Gasteiger charge is 2.16. The van der Waals surface area contributed by atoms with Gasteiger partial charge in [-0.15, -0.1) is 0 Å². The Hall–Kier alpha value is -2.23. The fourth-order valence-electron chi connectivity index (χ4n) is 2.05. The van der Waals surface area contributed by atoms with Gasteiger partial charge in [-0.1, -0.05) is 32.0 Å². The van der Waals surface area contributed by atoms with Gasteiger partial charge in [0, 0.05) is 23.1 Å². The van der Waals surface area contributed by atoms with Crippen molar-refractivity contribution in [3.05, 3.63) is 57.4 Å². The highest BCUT2D eigenvalue weighted by atomic mass is 16.6. The molecule has 0 aliphatic rings. The highest BCUT2D eigenvalue weighted by molar-refractivity contribution is 5.88. The summed E-state index contributed by atoms with van der Waals surface area (Å²) in [5.41, 5.74) is 2.79. The van der Waals surface area contributed by atoms with Gasteiger partial charge in [0.15, 0.2) is 0 Å². The third-order valence-corrected chi connectivity index (χ3v) is 2.98. The summed E-state index contributed by atoms with van der Waals surface area (Å²) in [6.45, 7) is 5.54. The molecule has 4 nitrogen and oxygen atoms in total. The van der Waals surface area contributed by atoms with E-state index in [1.165, 1.54) is 0 Å². The van der Waals surface area contributed by atoms with E-state index in [-0.39, 0.29) is 16.5 Å². The predicted octanol–water partition coefficient (Wildman–Crippen LogP) is 3.82. The standard InChI is InChI=1S/C15H16N2O2/c1-10(2)15(17(18)19)9-12-8-11(3)16-14-7-5-4-6-13(12)14/h4-10H,1-3H3/b15-9-. The van der Waals surface area contributed by atoms with Gasteiger partial charge in [0.2, 0.25) is 5.70 Å². The summed E-state index contributed by atoms with van der Waals surface area (Å²) in [6, 6.07) is 9.57. The number of allylic oxidation sites excluding steroid dienone is 1. The van der Waals surface area contributed by atoms with E-state index in [0.29, 0.717) is 0 Å². The quantitative estimate of drug-likeness (QED) is 0.619. The first-order chi connectivity index (χ1) is 8.99. The lowest BCUT2D eigenvalue weighted by Crippen LogP contribution is -2.05. The van der Waals surface area contributed by atoms with Gasteiger partial charge in [-0.2, -0.15) is 0 Å². The van der Waals surface area contributed by atoms with E-state index in [2.05, 4.69) is 4.98 Å². The maximum atomic E-state index is 11.1. The smallest absolute Gasteiger partial charge is 0.249 e. The number of aryl methyl sites for hydroxylation is 1. The molecule has 0 spiro atoms. The number of benzene rings is 1. The molecule has 0 radical (unpaired) electrons. The average Bonchev–Trinajstić information content (AvgIpc) is 2.34. The van der Waals surface area contributed by atoms with Crippen molar-refractivity contribution in [2.24, 2.45) is 5.92 Å². The third-order valence-electron chi connectivity index (χ3n) is 2.98. The molecule has 19 heavy (non-hydrogen) atoms. The second kappa shape index (κ2) is 5.18. The van der Waals surface area contributed by atoms with Crippen LogP contribution in [-0.4, -0.2) is 9.91 Å². The van der Waals surface area contributed by atoms with Crippen LogP contribution in [0.25, 0.3) is 17.0 Å². The van der Waals surface area contributed by atoms with Gasteiger partial charge in [-0.25, -0.2) is 0 Å². The van der Waals surface area contributed by atoms with Crippen LogP contribution in [0.2, 0.25) is 0 Å². The largest absolute Gasteiger partial charge is 0.259 e. The number of aromatic nitrogens is 1. The summed E-state index contributed by atoms with van der Waals surface area (Å²) in [5.74, 6) is -0.123. The van der Waals surface area contributed by atoms with Crippen molar-refractivity contribution in [1.29, 1.82) is 0 Å². The molecule has 0 unspecified atom stereocenters. The zero-order valence-electron chi connectivity index (χ0n) is 11.3. The molecular weight excluding hydrogens is 240 g/mol. The minimum atomic E-state index is -0.310. The molecular formula is C15H16N2O2. The maximum Gasteiger partial charge on any atom is 0.249 e. The lowest BCUT2D eigenvalue weighted by Gasteiger charge is -2.06. The Morgan fingerprint density at radius 3 is 2.68 bits per heavy atom. The third kappa shape index (κ3) is 2.78. The van der Waals surface area contributed by atoms with Crippen molar-refractivity contribution >= 4 is 17.0 Å². The minimum absolute atomic E-state index is 0.123. The van der Waals surface area contributed by atoms with E-state index in [9.17, 15) is 10.1 Å². The molecule has 98 valence electrons. The summed E-state index contributed by atoms with van der Waals surface area (Å²) in [5, 5.41) is 12.0. The molecule has 0 N–H and O–H groups in total. The van der Waals surface area contributed by atoms with Crippen LogP contribution in [0.15, 0.2) is 36.0 Å². The van der Waals surface area contributed by atoms with Crippen molar-refractivity contribution in [2.45, 2.75) is 20.8 Å². The Kier molecular flexibility index (Phi) is 3.60. The van der Waals surface area contributed by atoms with E-state index in [0.717, 1.165) is 22.2 Å². The number of fused-ring (bicyclic) bond motifs is 1. The van der Waals surface area contributed by atoms with Crippen LogP contribution in [0.4, 0.5) is 0 Å². The molecule has 4 heteroatoms. The van der Waals surface area contributed by atoms with Crippen LogP contribution >= 0.6 is 0 Å². The second-order valence-electron chi connectivity index (χ2n) is 4.85. The molecule has 0 saturated heterocycles. The van der Waals surface area contributed by atoms with Crippen molar-refractivity contribution < 1.29 is 4.92 Å². The van der Waals surface area contributed by atoms with Crippen molar-refractivity contribution in [1.82, 2.24) is 4.98 Å². The van der Waals surface area contributed by atoms with E-state index in [4.69, 9.17) is 0 Å². The van der Waals surface area contributed by atoms with E-state index >= 15 is 0 Å². The van der Waals surface area contributed by atoms with Gasteiger partial charge in [-0.05, 0) is 24.6 Å². The van der Waals surface area contributed by atoms with Crippen LogP contribution in [0.1, 0.15) is 25.1 Å².